The average molecular weight is 272 g/mol. The molecular weight excluding hydrogens is 248 g/mol. The largest absolute Gasteiger partial charge is 0.348 e. The summed E-state index contributed by atoms with van der Waals surface area (Å²) in [6, 6.07) is 6.33. The van der Waals surface area contributed by atoms with Crippen molar-refractivity contribution in [3.63, 3.8) is 0 Å². The number of rotatable bonds is 2. The third kappa shape index (κ3) is 1.87. The molecule has 0 spiro atoms. The van der Waals surface area contributed by atoms with E-state index in [1.54, 1.807) is 0 Å². The highest BCUT2D eigenvalue weighted by Gasteiger charge is 2.65. The molecule has 1 amide bonds. The van der Waals surface area contributed by atoms with Gasteiger partial charge in [-0.05, 0) is 41.0 Å². The summed E-state index contributed by atoms with van der Waals surface area (Å²) in [6.45, 7) is 10.7. The van der Waals surface area contributed by atoms with E-state index in [4.69, 9.17) is 0 Å². The molecule has 0 aromatic heterocycles. The van der Waals surface area contributed by atoms with Gasteiger partial charge in [0.2, 0.25) is 0 Å². The van der Waals surface area contributed by atoms with Gasteiger partial charge in [-0.2, -0.15) is 0 Å². The quantitative estimate of drug-likeness (QED) is 0.868. The van der Waals surface area contributed by atoms with Crippen LogP contribution in [-0.2, 0) is 13.0 Å². The van der Waals surface area contributed by atoms with Crippen LogP contribution in [0.5, 0.6) is 0 Å². The molecule has 3 nitrogen and oxygen atoms in total. The van der Waals surface area contributed by atoms with E-state index in [-0.39, 0.29) is 22.8 Å². The third-order valence-corrected chi connectivity index (χ3v) is 5.68. The number of carbonyl (C=O) groups excluding carboxylic acids is 1. The molecule has 1 heterocycles. The predicted octanol–water partition coefficient (Wildman–Crippen LogP) is 2.50. The van der Waals surface area contributed by atoms with E-state index in [0.29, 0.717) is 0 Å². The molecule has 1 aromatic rings. The van der Waals surface area contributed by atoms with Crippen LogP contribution in [0, 0.1) is 10.8 Å². The minimum Gasteiger partial charge on any atom is -0.348 e. The van der Waals surface area contributed by atoms with Crippen molar-refractivity contribution in [2.75, 3.05) is 6.54 Å². The van der Waals surface area contributed by atoms with Gasteiger partial charge in [-0.15, -0.1) is 0 Å². The smallest absolute Gasteiger partial charge is 0.251 e. The van der Waals surface area contributed by atoms with Crippen LogP contribution in [0.4, 0.5) is 0 Å². The molecule has 0 bridgehead atoms. The van der Waals surface area contributed by atoms with Crippen LogP contribution >= 0.6 is 0 Å². The maximum absolute atomic E-state index is 12.6. The second kappa shape index (κ2) is 4.32. The Bertz CT molecular complexity index is 546. The maximum atomic E-state index is 12.6. The van der Waals surface area contributed by atoms with Gasteiger partial charge in [0.05, 0.1) is 0 Å². The molecule has 2 aliphatic rings. The van der Waals surface area contributed by atoms with Gasteiger partial charge in [0, 0.05) is 18.2 Å². The molecule has 1 aromatic carbocycles. The Morgan fingerprint density at radius 3 is 2.60 bits per heavy atom. The number of nitrogens with one attached hydrogen (secondary N) is 2. The van der Waals surface area contributed by atoms with Crippen LogP contribution in [0.3, 0.4) is 0 Å². The van der Waals surface area contributed by atoms with E-state index >= 15 is 0 Å². The van der Waals surface area contributed by atoms with Crippen molar-refractivity contribution < 1.29 is 4.79 Å². The monoisotopic (exact) mass is 272 g/mol. The second-order valence-corrected chi connectivity index (χ2v) is 7.22. The third-order valence-electron chi connectivity index (χ3n) is 5.68. The zero-order valence-electron chi connectivity index (χ0n) is 12.8. The first kappa shape index (κ1) is 13.6. The molecule has 0 saturated heterocycles. The van der Waals surface area contributed by atoms with Crippen LogP contribution in [0.25, 0.3) is 0 Å². The van der Waals surface area contributed by atoms with Crippen LogP contribution in [-0.4, -0.2) is 18.5 Å². The van der Waals surface area contributed by atoms with E-state index in [2.05, 4.69) is 44.4 Å². The zero-order valence-corrected chi connectivity index (χ0v) is 12.8. The SMILES string of the molecule is CC1(C)C(NC(=O)c2cccc3c2CCNC3)C1(C)C. The van der Waals surface area contributed by atoms with Crippen molar-refractivity contribution in [1.29, 1.82) is 0 Å². The van der Waals surface area contributed by atoms with Gasteiger partial charge in [0.15, 0.2) is 0 Å². The summed E-state index contributed by atoms with van der Waals surface area (Å²) in [6.07, 6.45) is 0.941. The fraction of sp³-hybridized carbons (Fsp3) is 0.588. The molecule has 0 radical (unpaired) electrons. The summed E-state index contributed by atoms with van der Waals surface area (Å²) in [5.74, 6) is 0.0902. The lowest BCUT2D eigenvalue weighted by Crippen LogP contribution is -2.32. The van der Waals surface area contributed by atoms with Crippen molar-refractivity contribution in [1.82, 2.24) is 10.6 Å². The first-order chi connectivity index (χ1) is 9.35. The lowest BCUT2D eigenvalue weighted by molar-refractivity contribution is 0.0942. The van der Waals surface area contributed by atoms with Gasteiger partial charge in [-0.3, -0.25) is 4.79 Å². The number of fused-ring (bicyclic) bond motifs is 1. The van der Waals surface area contributed by atoms with E-state index < -0.39 is 0 Å². The fourth-order valence-corrected chi connectivity index (χ4v) is 3.51. The van der Waals surface area contributed by atoms with E-state index in [1.807, 2.05) is 12.1 Å². The number of hydrogen-bond donors (Lipinski definition) is 2. The molecule has 3 heteroatoms. The average Bonchev–Trinajstić information content (AvgIpc) is 2.80. The van der Waals surface area contributed by atoms with Crippen LogP contribution in [0.15, 0.2) is 18.2 Å². The second-order valence-electron chi connectivity index (χ2n) is 7.22. The van der Waals surface area contributed by atoms with Crippen molar-refractivity contribution >= 4 is 5.91 Å². The predicted molar refractivity (Wildman–Crippen MR) is 80.7 cm³/mol. The normalized spacial score (nSPS) is 23.0. The number of hydrogen-bond acceptors (Lipinski definition) is 2. The maximum Gasteiger partial charge on any atom is 0.251 e. The van der Waals surface area contributed by atoms with E-state index in [0.717, 1.165) is 25.1 Å². The number of benzene rings is 1. The van der Waals surface area contributed by atoms with Gasteiger partial charge in [-0.1, -0.05) is 39.8 Å². The van der Waals surface area contributed by atoms with E-state index in [1.165, 1.54) is 11.1 Å². The minimum absolute atomic E-state index is 0.0902. The Balaban J connectivity index is 1.83. The summed E-state index contributed by atoms with van der Waals surface area (Å²) < 4.78 is 0. The molecule has 1 aliphatic carbocycles. The minimum atomic E-state index is 0.0902. The Morgan fingerprint density at radius 1 is 1.25 bits per heavy atom. The Morgan fingerprint density at radius 2 is 1.95 bits per heavy atom. The van der Waals surface area contributed by atoms with E-state index in [9.17, 15) is 4.79 Å². The lowest BCUT2D eigenvalue weighted by atomic mass is 9.95. The van der Waals surface area contributed by atoms with Gasteiger partial charge < -0.3 is 10.6 Å². The Labute approximate surface area is 121 Å². The van der Waals surface area contributed by atoms with Gasteiger partial charge in [0.1, 0.15) is 0 Å². The summed E-state index contributed by atoms with van der Waals surface area (Å²) in [5.41, 5.74) is 3.71. The zero-order chi connectivity index (χ0) is 14.5. The highest BCUT2D eigenvalue weighted by atomic mass is 16.1. The Kier molecular flexibility index (Phi) is 2.94. The van der Waals surface area contributed by atoms with Crippen molar-refractivity contribution in [2.24, 2.45) is 10.8 Å². The fourth-order valence-electron chi connectivity index (χ4n) is 3.51. The first-order valence-corrected chi connectivity index (χ1v) is 7.48. The molecular formula is C17H24N2O. The van der Waals surface area contributed by atoms with Crippen molar-refractivity contribution in [3.8, 4) is 0 Å². The molecule has 2 N–H and O–H groups in total. The molecule has 1 saturated carbocycles. The van der Waals surface area contributed by atoms with Gasteiger partial charge in [-0.25, -0.2) is 0 Å². The molecule has 0 atom stereocenters. The lowest BCUT2D eigenvalue weighted by Gasteiger charge is -2.20. The first-order valence-electron chi connectivity index (χ1n) is 7.48. The van der Waals surface area contributed by atoms with Crippen LogP contribution in [0.1, 0.15) is 49.2 Å². The molecule has 20 heavy (non-hydrogen) atoms. The van der Waals surface area contributed by atoms with Gasteiger partial charge in [0.25, 0.3) is 5.91 Å². The van der Waals surface area contributed by atoms with Crippen LogP contribution < -0.4 is 10.6 Å². The molecule has 1 aliphatic heterocycles. The summed E-state index contributed by atoms with van der Waals surface area (Å²) in [7, 11) is 0. The molecule has 0 unspecified atom stereocenters. The highest BCUT2D eigenvalue weighted by molar-refractivity contribution is 5.96. The number of carbonyl (C=O) groups is 1. The van der Waals surface area contributed by atoms with Crippen LogP contribution in [0.2, 0.25) is 0 Å². The Hall–Kier alpha value is -1.35. The molecule has 1 fully saturated rings. The van der Waals surface area contributed by atoms with Gasteiger partial charge >= 0.3 is 0 Å². The number of amides is 1. The standard InChI is InChI=1S/C17H24N2O/c1-16(2)15(17(16,3)4)19-14(20)13-7-5-6-11-10-18-9-8-12(11)13/h5-7,15,18H,8-10H2,1-4H3,(H,19,20). The summed E-state index contributed by atoms with van der Waals surface area (Å²) >= 11 is 0. The summed E-state index contributed by atoms with van der Waals surface area (Å²) in [5, 5.41) is 6.60. The molecule has 3 rings (SSSR count). The summed E-state index contributed by atoms with van der Waals surface area (Å²) in [4.78, 5) is 12.6. The highest BCUT2D eigenvalue weighted by Crippen LogP contribution is 2.62. The van der Waals surface area contributed by atoms with Crippen molar-refractivity contribution in [3.05, 3.63) is 34.9 Å². The van der Waals surface area contributed by atoms with Crippen molar-refractivity contribution in [2.45, 2.75) is 46.7 Å². The molecule has 108 valence electrons. The topological polar surface area (TPSA) is 41.1 Å².